The first-order valence-corrected chi connectivity index (χ1v) is 8.11. The fourth-order valence-corrected chi connectivity index (χ4v) is 3.08. The van der Waals surface area contributed by atoms with Crippen LogP contribution in [0.25, 0.3) is 0 Å². The lowest BCUT2D eigenvalue weighted by Gasteiger charge is -2.27. The summed E-state index contributed by atoms with van der Waals surface area (Å²) in [5.41, 5.74) is 2.81. The summed E-state index contributed by atoms with van der Waals surface area (Å²) < 4.78 is 0. The van der Waals surface area contributed by atoms with Gasteiger partial charge in [-0.15, -0.1) is 11.8 Å². The fraction of sp³-hybridized carbons (Fsp3) is 0.529. The summed E-state index contributed by atoms with van der Waals surface area (Å²) >= 11 is 1.53. The Morgan fingerprint density at radius 1 is 1.33 bits per heavy atom. The van der Waals surface area contributed by atoms with Crippen LogP contribution in [0.2, 0.25) is 0 Å². The lowest BCUT2D eigenvalue weighted by atomic mass is 9.90. The Hall–Kier alpha value is -1.47. The molecule has 0 saturated heterocycles. The zero-order chi connectivity index (χ0) is 16.2. The van der Waals surface area contributed by atoms with Crippen LogP contribution in [0, 0.1) is 38.0 Å². The molecule has 1 atom stereocenters. The summed E-state index contributed by atoms with van der Waals surface area (Å²) in [5.74, 6) is 0.297. The number of thioether (sulfide) groups is 1. The second-order valence-electron chi connectivity index (χ2n) is 6.03. The van der Waals surface area contributed by atoms with Gasteiger partial charge in [0.05, 0.1) is 11.8 Å². The van der Waals surface area contributed by atoms with Crippen LogP contribution in [0.4, 0.5) is 0 Å². The Kier molecular flexibility index (Phi) is 5.86. The third-order valence-electron chi connectivity index (χ3n) is 3.74. The number of hydrogen-bond donors (Lipinski definition) is 1. The van der Waals surface area contributed by atoms with E-state index in [-0.39, 0.29) is 11.8 Å². The summed E-state index contributed by atoms with van der Waals surface area (Å²) in [6.45, 7) is 11.8. The molecule has 0 aliphatic carbocycles. The van der Waals surface area contributed by atoms with Gasteiger partial charge in [0.2, 0.25) is 5.91 Å². The molecule has 0 aromatic heterocycles. The number of nitrogens with zero attached hydrogens (tertiary/aromatic N) is 1. The van der Waals surface area contributed by atoms with Crippen molar-refractivity contribution in [2.24, 2.45) is 5.92 Å². The van der Waals surface area contributed by atoms with Crippen LogP contribution in [0.3, 0.4) is 0 Å². The van der Waals surface area contributed by atoms with Crippen molar-refractivity contribution < 1.29 is 4.79 Å². The Labute approximate surface area is 132 Å². The highest BCUT2D eigenvalue weighted by Gasteiger charge is 2.29. The minimum absolute atomic E-state index is 0.0688. The number of hydrogen-bond acceptors (Lipinski definition) is 3. The minimum atomic E-state index is -0.811. The van der Waals surface area contributed by atoms with E-state index in [4.69, 9.17) is 0 Å². The quantitative estimate of drug-likeness (QED) is 0.843. The van der Waals surface area contributed by atoms with Gasteiger partial charge in [-0.05, 0) is 44.7 Å². The van der Waals surface area contributed by atoms with E-state index in [0.29, 0.717) is 5.75 Å². The van der Waals surface area contributed by atoms with Gasteiger partial charge < -0.3 is 5.32 Å². The largest absolute Gasteiger partial charge is 0.337 e. The first-order chi connectivity index (χ1) is 9.69. The van der Waals surface area contributed by atoms with Gasteiger partial charge in [-0.2, -0.15) is 5.26 Å². The molecule has 1 N–H and O–H groups in total. The van der Waals surface area contributed by atoms with Gasteiger partial charge in [0.25, 0.3) is 0 Å². The summed E-state index contributed by atoms with van der Waals surface area (Å²) in [5, 5.41) is 12.1. The van der Waals surface area contributed by atoms with Crippen molar-refractivity contribution in [3.05, 3.63) is 28.8 Å². The van der Waals surface area contributed by atoms with Crippen LogP contribution in [0.5, 0.6) is 0 Å². The zero-order valence-electron chi connectivity index (χ0n) is 13.7. The summed E-state index contributed by atoms with van der Waals surface area (Å²) in [6, 6.07) is 6.45. The first kappa shape index (κ1) is 17.6. The third kappa shape index (κ3) is 4.50. The number of nitrogens with one attached hydrogen (secondary N) is 1. The zero-order valence-corrected chi connectivity index (χ0v) is 14.5. The van der Waals surface area contributed by atoms with Gasteiger partial charge in [-0.25, -0.2) is 0 Å². The first-order valence-electron chi connectivity index (χ1n) is 7.12. The van der Waals surface area contributed by atoms with Gasteiger partial charge in [-0.1, -0.05) is 31.5 Å². The normalized spacial score (nSPS) is 13.6. The smallest absolute Gasteiger partial charge is 0.231 e. The number of nitriles is 1. The summed E-state index contributed by atoms with van der Waals surface area (Å²) in [7, 11) is 0. The molecule has 1 aromatic carbocycles. The molecule has 0 heterocycles. The summed E-state index contributed by atoms with van der Waals surface area (Å²) in [4.78, 5) is 13.3. The maximum atomic E-state index is 12.1. The SMILES string of the molecule is Cc1cc(C)c(SCC(=O)NC(C)(C#N)C(C)C)c(C)c1. The Morgan fingerprint density at radius 3 is 2.29 bits per heavy atom. The van der Waals surface area contributed by atoms with Crippen LogP contribution >= 0.6 is 11.8 Å². The Morgan fingerprint density at radius 2 is 1.86 bits per heavy atom. The molecule has 4 heteroatoms. The van der Waals surface area contributed by atoms with Crippen molar-refractivity contribution in [1.29, 1.82) is 5.26 Å². The van der Waals surface area contributed by atoms with E-state index in [1.807, 2.05) is 13.8 Å². The van der Waals surface area contributed by atoms with E-state index in [9.17, 15) is 10.1 Å². The highest BCUT2D eigenvalue weighted by atomic mass is 32.2. The maximum absolute atomic E-state index is 12.1. The molecule has 3 nitrogen and oxygen atoms in total. The molecular formula is C17H24N2OS. The molecule has 0 saturated carbocycles. The highest BCUT2D eigenvalue weighted by Crippen LogP contribution is 2.27. The number of carbonyl (C=O) groups excluding carboxylic acids is 1. The molecule has 1 rings (SSSR count). The van der Waals surface area contributed by atoms with Crippen molar-refractivity contribution in [3.8, 4) is 6.07 Å². The van der Waals surface area contributed by atoms with E-state index in [1.54, 1.807) is 6.92 Å². The van der Waals surface area contributed by atoms with Crippen molar-refractivity contribution in [2.45, 2.75) is 52.0 Å². The van der Waals surface area contributed by atoms with Crippen molar-refractivity contribution in [2.75, 3.05) is 5.75 Å². The number of aryl methyl sites for hydroxylation is 3. The van der Waals surface area contributed by atoms with E-state index in [2.05, 4.69) is 44.3 Å². The molecule has 114 valence electrons. The van der Waals surface area contributed by atoms with Gasteiger partial charge in [-0.3, -0.25) is 4.79 Å². The lowest BCUT2D eigenvalue weighted by molar-refractivity contribution is -0.120. The summed E-state index contributed by atoms with van der Waals surface area (Å²) in [6.07, 6.45) is 0. The third-order valence-corrected chi connectivity index (χ3v) is 5.08. The molecule has 0 aliphatic heterocycles. The molecule has 1 aromatic rings. The number of carbonyl (C=O) groups is 1. The highest BCUT2D eigenvalue weighted by molar-refractivity contribution is 8.00. The maximum Gasteiger partial charge on any atom is 0.231 e. The molecule has 1 amide bonds. The van der Waals surface area contributed by atoms with Crippen molar-refractivity contribution in [3.63, 3.8) is 0 Å². The van der Waals surface area contributed by atoms with Crippen molar-refractivity contribution >= 4 is 17.7 Å². The van der Waals surface area contributed by atoms with Gasteiger partial charge in [0.1, 0.15) is 5.54 Å². The fourth-order valence-electron chi connectivity index (χ4n) is 2.16. The number of amides is 1. The Balaban J connectivity index is 2.73. The van der Waals surface area contributed by atoms with Gasteiger partial charge >= 0.3 is 0 Å². The predicted molar refractivity (Wildman–Crippen MR) is 88.4 cm³/mol. The molecule has 0 fully saturated rings. The molecule has 0 bridgehead atoms. The standard InChI is InChI=1S/C17H24N2OS/c1-11(2)17(6,10-18)19-15(20)9-21-16-13(4)7-12(3)8-14(16)5/h7-8,11H,9H2,1-6H3,(H,19,20). The predicted octanol–water partition coefficient (Wildman–Crippen LogP) is 3.76. The average molecular weight is 304 g/mol. The van der Waals surface area contributed by atoms with E-state index >= 15 is 0 Å². The topological polar surface area (TPSA) is 52.9 Å². The van der Waals surface area contributed by atoms with Gasteiger partial charge in [0.15, 0.2) is 0 Å². The number of benzene rings is 1. The van der Waals surface area contributed by atoms with E-state index < -0.39 is 5.54 Å². The van der Waals surface area contributed by atoms with Crippen LogP contribution in [0.15, 0.2) is 17.0 Å². The second kappa shape index (κ2) is 7.00. The van der Waals surface area contributed by atoms with Crippen LogP contribution < -0.4 is 5.32 Å². The van der Waals surface area contributed by atoms with E-state index in [0.717, 1.165) is 4.90 Å². The lowest BCUT2D eigenvalue weighted by Crippen LogP contribution is -2.49. The van der Waals surface area contributed by atoms with Crippen molar-refractivity contribution in [1.82, 2.24) is 5.32 Å². The molecule has 1 unspecified atom stereocenters. The molecule has 0 radical (unpaired) electrons. The minimum Gasteiger partial charge on any atom is -0.337 e. The van der Waals surface area contributed by atoms with Crippen LogP contribution in [0.1, 0.15) is 37.5 Å². The average Bonchev–Trinajstić information content (AvgIpc) is 2.36. The van der Waals surface area contributed by atoms with Crippen LogP contribution in [-0.2, 0) is 4.79 Å². The second-order valence-corrected chi connectivity index (χ2v) is 7.02. The molecule has 21 heavy (non-hydrogen) atoms. The molecule has 0 aliphatic rings. The number of rotatable bonds is 5. The van der Waals surface area contributed by atoms with E-state index in [1.165, 1.54) is 28.5 Å². The van der Waals surface area contributed by atoms with Gasteiger partial charge in [0, 0.05) is 4.90 Å². The molecule has 0 spiro atoms. The monoisotopic (exact) mass is 304 g/mol. The van der Waals surface area contributed by atoms with Crippen LogP contribution in [-0.4, -0.2) is 17.2 Å². The Bertz CT molecular complexity index is 552. The molecular weight excluding hydrogens is 280 g/mol.